The second-order valence-electron chi connectivity index (χ2n) is 9.86. The van der Waals surface area contributed by atoms with E-state index >= 15 is 0 Å². The fraction of sp³-hybridized carbons (Fsp3) is 0.286. The Balaban J connectivity index is 1.44. The molecule has 0 spiro atoms. The molecule has 0 aliphatic carbocycles. The maximum atomic E-state index is 13.8. The van der Waals surface area contributed by atoms with Crippen LogP contribution in [0.25, 0.3) is 10.9 Å². The summed E-state index contributed by atoms with van der Waals surface area (Å²) in [5.41, 5.74) is 2.81. The van der Waals surface area contributed by atoms with E-state index in [-0.39, 0.29) is 16.0 Å². The Hall–Kier alpha value is -4.09. The van der Waals surface area contributed by atoms with E-state index in [9.17, 15) is 18.0 Å². The second-order valence-corrected chi connectivity index (χ2v) is 11.7. The molecule has 2 aliphatic heterocycles. The molecule has 4 heterocycles. The monoisotopic (exact) mass is 545 g/mol. The number of aryl methyl sites for hydroxylation is 3. The van der Waals surface area contributed by atoms with Crippen LogP contribution in [0.4, 0.5) is 5.69 Å². The van der Waals surface area contributed by atoms with Crippen molar-refractivity contribution in [3.05, 3.63) is 76.7 Å². The van der Waals surface area contributed by atoms with Crippen molar-refractivity contribution >= 4 is 38.4 Å². The van der Waals surface area contributed by atoms with Crippen LogP contribution in [0.5, 0.6) is 5.75 Å². The van der Waals surface area contributed by atoms with Gasteiger partial charge in [0.2, 0.25) is 10.0 Å². The van der Waals surface area contributed by atoms with Crippen LogP contribution in [-0.4, -0.2) is 52.1 Å². The lowest BCUT2D eigenvalue weighted by atomic mass is 10.0. The number of imide groups is 1. The number of carbonyl (C=O) groups is 2. The molecule has 200 valence electrons. The molecule has 11 heteroatoms. The molecule has 39 heavy (non-hydrogen) atoms. The summed E-state index contributed by atoms with van der Waals surface area (Å²) >= 11 is 0. The lowest BCUT2D eigenvalue weighted by Crippen LogP contribution is -2.39. The molecular formula is C28H27N5O5S. The number of anilines is 1. The smallest absolute Gasteiger partial charge is 0.268 e. The highest BCUT2D eigenvalue weighted by Crippen LogP contribution is 2.38. The molecule has 1 saturated heterocycles. The molecule has 6 rings (SSSR count). The van der Waals surface area contributed by atoms with Gasteiger partial charge >= 0.3 is 0 Å². The fourth-order valence-electron chi connectivity index (χ4n) is 5.51. The number of rotatable bonds is 5. The summed E-state index contributed by atoms with van der Waals surface area (Å²) in [6, 6.07) is 13.6. The molecule has 1 atom stereocenters. The Labute approximate surface area is 225 Å². The third kappa shape index (κ3) is 3.83. The SMILES string of the molecule is Cc1nc2ccc(S(=O)(=O)N3CCC[C@H]3Oc3ccccc3)cc2c2c1C(=O)N(c1c(C)nn(C)c1C)C2=O. The van der Waals surface area contributed by atoms with E-state index in [0.717, 1.165) is 4.90 Å². The quantitative estimate of drug-likeness (QED) is 0.350. The molecule has 1 fully saturated rings. The maximum absolute atomic E-state index is 13.8. The van der Waals surface area contributed by atoms with Crippen molar-refractivity contribution in [3.63, 3.8) is 0 Å². The van der Waals surface area contributed by atoms with Crippen molar-refractivity contribution in [2.45, 2.75) is 44.7 Å². The lowest BCUT2D eigenvalue weighted by molar-refractivity contribution is 0.0925. The summed E-state index contributed by atoms with van der Waals surface area (Å²) in [5, 5.41) is 4.67. The molecule has 0 saturated carbocycles. The largest absolute Gasteiger partial charge is 0.474 e. The highest BCUT2D eigenvalue weighted by molar-refractivity contribution is 7.89. The number of nitrogens with zero attached hydrogens (tertiary/aromatic N) is 5. The van der Waals surface area contributed by atoms with Crippen molar-refractivity contribution in [1.29, 1.82) is 0 Å². The van der Waals surface area contributed by atoms with E-state index in [1.54, 1.807) is 50.7 Å². The van der Waals surface area contributed by atoms with Crippen molar-refractivity contribution in [2.24, 2.45) is 7.05 Å². The van der Waals surface area contributed by atoms with Gasteiger partial charge in [0.15, 0.2) is 6.23 Å². The molecule has 2 aromatic carbocycles. The Bertz CT molecular complexity index is 1780. The number of benzene rings is 2. The third-order valence-corrected chi connectivity index (χ3v) is 9.32. The molecule has 2 aromatic heterocycles. The second kappa shape index (κ2) is 8.99. The molecule has 2 amide bonds. The third-order valence-electron chi connectivity index (χ3n) is 7.44. The van der Waals surface area contributed by atoms with Crippen LogP contribution in [0.1, 0.15) is 50.6 Å². The van der Waals surface area contributed by atoms with Gasteiger partial charge in [-0.25, -0.2) is 13.3 Å². The number of fused-ring (bicyclic) bond motifs is 3. The van der Waals surface area contributed by atoms with Crippen molar-refractivity contribution < 1.29 is 22.7 Å². The minimum absolute atomic E-state index is 0.0128. The minimum atomic E-state index is -3.98. The van der Waals surface area contributed by atoms with Gasteiger partial charge in [0.05, 0.1) is 44.3 Å². The number of carbonyl (C=O) groups excluding carboxylic acids is 2. The zero-order valence-corrected chi connectivity index (χ0v) is 22.8. The van der Waals surface area contributed by atoms with E-state index in [0.29, 0.717) is 58.8 Å². The topological polar surface area (TPSA) is 115 Å². The number of sulfonamides is 1. The fourth-order valence-corrected chi connectivity index (χ4v) is 7.11. The number of ether oxygens (including phenoxy) is 1. The average molecular weight is 546 g/mol. The first kappa shape index (κ1) is 25.2. The Morgan fingerprint density at radius 3 is 2.36 bits per heavy atom. The summed E-state index contributed by atoms with van der Waals surface area (Å²) in [6.07, 6.45) is 0.570. The predicted octanol–water partition coefficient (Wildman–Crippen LogP) is 3.88. The lowest BCUT2D eigenvalue weighted by Gasteiger charge is -2.25. The van der Waals surface area contributed by atoms with Crippen molar-refractivity contribution in [3.8, 4) is 5.75 Å². The zero-order valence-electron chi connectivity index (χ0n) is 22.0. The van der Waals surface area contributed by atoms with E-state index < -0.39 is 28.1 Å². The van der Waals surface area contributed by atoms with Crippen LogP contribution in [0.15, 0.2) is 53.4 Å². The highest BCUT2D eigenvalue weighted by atomic mass is 32.2. The van der Waals surface area contributed by atoms with E-state index in [2.05, 4.69) is 10.1 Å². The Kier molecular flexibility index (Phi) is 5.81. The first-order valence-corrected chi connectivity index (χ1v) is 14.1. The highest BCUT2D eigenvalue weighted by Gasteiger charge is 2.43. The van der Waals surface area contributed by atoms with Gasteiger partial charge in [-0.05, 0) is 57.5 Å². The normalized spacial score (nSPS) is 17.8. The molecule has 0 N–H and O–H groups in total. The van der Waals surface area contributed by atoms with Crippen LogP contribution in [0.2, 0.25) is 0 Å². The molecule has 10 nitrogen and oxygen atoms in total. The van der Waals surface area contributed by atoms with Gasteiger partial charge in [-0.3, -0.25) is 19.3 Å². The van der Waals surface area contributed by atoms with Gasteiger partial charge in [0.25, 0.3) is 11.8 Å². The van der Waals surface area contributed by atoms with Gasteiger partial charge < -0.3 is 4.74 Å². The van der Waals surface area contributed by atoms with Crippen LogP contribution in [0.3, 0.4) is 0 Å². The molecular weight excluding hydrogens is 518 g/mol. The van der Waals surface area contributed by atoms with Crippen LogP contribution in [-0.2, 0) is 17.1 Å². The van der Waals surface area contributed by atoms with E-state index in [4.69, 9.17) is 4.74 Å². The first-order chi connectivity index (χ1) is 18.6. The summed E-state index contributed by atoms with van der Waals surface area (Å²) in [6.45, 7) is 5.52. The first-order valence-electron chi connectivity index (χ1n) is 12.7. The van der Waals surface area contributed by atoms with Crippen LogP contribution >= 0.6 is 0 Å². The number of pyridine rings is 1. The molecule has 0 bridgehead atoms. The number of hydrogen-bond acceptors (Lipinski definition) is 7. The van der Waals surface area contributed by atoms with Gasteiger partial charge in [0.1, 0.15) is 5.75 Å². The number of para-hydroxylation sites is 1. The van der Waals surface area contributed by atoms with E-state index in [1.165, 1.54) is 16.4 Å². The summed E-state index contributed by atoms with van der Waals surface area (Å²) in [7, 11) is -2.23. The van der Waals surface area contributed by atoms with Gasteiger partial charge in [-0.15, -0.1) is 0 Å². The summed E-state index contributed by atoms with van der Waals surface area (Å²) < 4.78 is 36.6. The van der Waals surface area contributed by atoms with Gasteiger partial charge in [0, 0.05) is 25.4 Å². The summed E-state index contributed by atoms with van der Waals surface area (Å²) in [4.78, 5) is 33.1. The molecule has 2 aliphatic rings. The number of aromatic nitrogens is 3. The minimum Gasteiger partial charge on any atom is -0.474 e. The average Bonchev–Trinajstić information content (AvgIpc) is 3.55. The number of amides is 2. The van der Waals surface area contributed by atoms with Crippen molar-refractivity contribution in [2.75, 3.05) is 11.4 Å². The molecule has 0 radical (unpaired) electrons. The maximum Gasteiger partial charge on any atom is 0.268 e. The van der Waals surface area contributed by atoms with Crippen LogP contribution < -0.4 is 9.64 Å². The summed E-state index contributed by atoms with van der Waals surface area (Å²) in [5.74, 6) is -0.429. The molecule has 4 aromatic rings. The van der Waals surface area contributed by atoms with E-state index in [1.807, 2.05) is 18.2 Å². The number of hydrogen-bond donors (Lipinski definition) is 0. The van der Waals surface area contributed by atoms with Gasteiger partial charge in [-0.2, -0.15) is 9.40 Å². The standard InChI is InChI=1S/C28H27N5O5S/c1-16-24-25(28(35)33(27(24)34)26-17(2)30-31(4)18(26)3)21-15-20(12-13-22(21)29-16)39(36,37)32-14-8-11-23(32)38-19-9-6-5-7-10-19/h5-7,9-10,12-13,15,23H,8,11,14H2,1-4H3/t23-/m1/s1. The zero-order chi connectivity index (χ0) is 27.6. The van der Waals surface area contributed by atoms with Gasteiger partial charge in [-0.1, -0.05) is 18.2 Å². The molecule has 0 unspecified atom stereocenters. The van der Waals surface area contributed by atoms with Crippen molar-refractivity contribution in [1.82, 2.24) is 19.1 Å². The Morgan fingerprint density at radius 2 is 1.67 bits per heavy atom. The Morgan fingerprint density at radius 1 is 0.949 bits per heavy atom. The van der Waals surface area contributed by atoms with Crippen LogP contribution in [0, 0.1) is 20.8 Å². The predicted molar refractivity (Wildman–Crippen MR) is 144 cm³/mol.